The number of ether oxygens (including phenoxy) is 2. The maximum Gasteiger partial charge on any atom is 0.332 e. The highest BCUT2D eigenvalue weighted by Gasteiger charge is 2.52. The number of carbonyl (C=O) groups is 2. The van der Waals surface area contributed by atoms with Crippen molar-refractivity contribution < 1.29 is 19.1 Å². The number of urea groups is 1. The van der Waals surface area contributed by atoms with Crippen LogP contribution in [0.4, 0.5) is 10.5 Å². The summed E-state index contributed by atoms with van der Waals surface area (Å²) in [6.45, 7) is 3.68. The first-order valence-corrected chi connectivity index (χ1v) is 10.5. The number of amides is 3. The quantitative estimate of drug-likeness (QED) is 0.439. The molecule has 0 bridgehead atoms. The van der Waals surface area contributed by atoms with Crippen LogP contribution < -0.4 is 14.4 Å². The number of hydrogen-bond donors (Lipinski definition) is 0. The largest absolute Gasteiger partial charge is 0.495 e. The molecule has 0 unspecified atom stereocenters. The molecule has 1 fully saturated rings. The number of carbonyl (C=O) groups excluding carboxylic acids is 2. The van der Waals surface area contributed by atoms with Crippen LogP contribution in [0.2, 0.25) is 5.02 Å². The summed E-state index contributed by atoms with van der Waals surface area (Å²) in [5, 5.41) is 0.323. The van der Waals surface area contributed by atoms with Crippen LogP contribution in [0.15, 0.2) is 72.8 Å². The molecule has 0 N–H and O–H groups in total. The van der Waals surface area contributed by atoms with Crippen molar-refractivity contribution in [2.24, 2.45) is 0 Å². The molecule has 32 heavy (non-hydrogen) atoms. The minimum absolute atomic E-state index is 0.209. The number of rotatable bonds is 6. The number of hydrogen-bond acceptors (Lipinski definition) is 4. The van der Waals surface area contributed by atoms with Gasteiger partial charge in [0.05, 0.1) is 24.4 Å². The molecule has 1 aliphatic rings. The van der Waals surface area contributed by atoms with Crippen LogP contribution in [0.1, 0.15) is 19.4 Å². The van der Waals surface area contributed by atoms with Gasteiger partial charge in [-0.15, -0.1) is 0 Å². The van der Waals surface area contributed by atoms with E-state index in [-0.39, 0.29) is 12.5 Å². The van der Waals surface area contributed by atoms with Gasteiger partial charge >= 0.3 is 6.03 Å². The summed E-state index contributed by atoms with van der Waals surface area (Å²) in [5.41, 5.74) is 0.138. The fourth-order valence-corrected chi connectivity index (χ4v) is 3.89. The zero-order valence-corrected chi connectivity index (χ0v) is 18.8. The number of halogens is 1. The van der Waals surface area contributed by atoms with Gasteiger partial charge in [-0.1, -0.05) is 48.0 Å². The zero-order valence-electron chi connectivity index (χ0n) is 18.0. The molecule has 3 aromatic rings. The molecule has 164 valence electrons. The molecule has 1 aliphatic heterocycles. The van der Waals surface area contributed by atoms with Crippen LogP contribution in [0.25, 0.3) is 0 Å². The second-order valence-corrected chi connectivity index (χ2v) is 8.32. The van der Waals surface area contributed by atoms with E-state index in [1.54, 1.807) is 36.9 Å². The van der Waals surface area contributed by atoms with Crippen LogP contribution >= 0.6 is 11.6 Å². The summed E-state index contributed by atoms with van der Waals surface area (Å²) < 4.78 is 11.2. The molecule has 0 aromatic heterocycles. The predicted molar refractivity (Wildman–Crippen MR) is 123 cm³/mol. The van der Waals surface area contributed by atoms with Crippen LogP contribution in [0.5, 0.6) is 17.2 Å². The summed E-state index contributed by atoms with van der Waals surface area (Å²) in [6.07, 6.45) is 0. The fraction of sp³-hybridized carbons (Fsp3) is 0.200. The van der Waals surface area contributed by atoms with E-state index in [0.29, 0.717) is 28.0 Å². The van der Waals surface area contributed by atoms with Crippen molar-refractivity contribution in [2.45, 2.75) is 25.9 Å². The van der Waals surface area contributed by atoms with Crippen molar-refractivity contribution in [3.63, 3.8) is 0 Å². The molecule has 1 saturated heterocycles. The van der Waals surface area contributed by atoms with Gasteiger partial charge in [0.2, 0.25) is 0 Å². The third-order valence-electron chi connectivity index (χ3n) is 5.49. The monoisotopic (exact) mass is 450 g/mol. The predicted octanol–water partition coefficient (Wildman–Crippen LogP) is 5.89. The van der Waals surface area contributed by atoms with Gasteiger partial charge < -0.3 is 14.4 Å². The van der Waals surface area contributed by atoms with E-state index in [2.05, 4.69) is 0 Å². The Labute approximate surface area is 191 Å². The number of benzene rings is 3. The normalized spacial score (nSPS) is 15.2. The van der Waals surface area contributed by atoms with Crippen molar-refractivity contribution in [1.82, 2.24) is 4.90 Å². The fourth-order valence-electron chi connectivity index (χ4n) is 3.64. The van der Waals surface area contributed by atoms with Crippen molar-refractivity contribution in [1.29, 1.82) is 0 Å². The summed E-state index contributed by atoms with van der Waals surface area (Å²) in [6, 6.07) is 21.3. The first kappa shape index (κ1) is 21.7. The van der Waals surface area contributed by atoms with Gasteiger partial charge in [-0.05, 0) is 50.2 Å². The maximum atomic E-state index is 13.4. The minimum Gasteiger partial charge on any atom is -0.495 e. The molecule has 0 aliphatic carbocycles. The summed E-state index contributed by atoms with van der Waals surface area (Å²) in [7, 11) is 1.51. The van der Waals surface area contributed by atoms with Gasteiger partial charge in [-0.25, -0.2) is 9.69 Å². The van der Waals surface area contributed by atoms with Gasteiger partial charge in [0.1, 0.15) is 22.8 Å². The molecule has 0 atom stereocenters. The van der Waals surface area contributed by atoms with Crippen LogP contribution in [-0.2, 0) is 11.3 Å². The Morgan fingerprint density at radius 2 is 1.59 bits per heavy atom. The Bertz CT molecular complexity index is 1160. The highest BCUT2D eigenvalue weighted by atomic mass is 35.5. The lowest BCUT2D eigenvalue weighted by atomic mass is 10.0. The molecule has 6 nitrogen and oxygen atoms in total. The standard InChI is InChI=1S/C25H23ClN2O4/c1-25(2)23(29)28(18-13-14-22(31-3)20(26)15-18)24(30)27(25)16-17-9-7-8-12-21(17)32-19-10-5-4-6-11-19/h4-15H,16H2,1-3H3. The first-order valence-electron chi connectivity index (χ1n) is 10.1. The summed E-state index contributed by atoms with van der Waals surface area (Å²) >= 11 is 6.23. The highest BCUT2D eigenvalue weighted by molar-refractivity contribution is 6.33. The Balaban J connectivity index is 1.64. The van der Waals surface area contributed by atoms with Crippen molar-refractivity contribution in [2.75, 3.05) is 12.0 Å². The lowest BCUT2D eigenvalue weighted by molar-refractivity contribution is -0.123. The smallest absolute Gasteiger partial charge is 0.332 e. The topological polar surface area (TPSA) is 59.1 Å². The van der Waals surface area contributed by atoms with E-state index in [1.807, 2.05) is 54.6 Å². The number of nitrogens with zero attached hydrogens (tertiary/aromatic N) is 2. The Kier molecular flexibility index (Phi) is 5.80. The number of methoxy groups -OCH3 is 1. The summed E-state index contributed by atoms with van der Waals surface area (Å²) in [5.74, 6) is 1.46. The second-order valence-electron chi connectivity index (χ2n) is 7.91. The number of anilines is 1. The van der Waals surface area contributed by atoms with E-state index in [9.17, 15) is 9.59 Å². The first-order chi connectivity index (χ1) is 15.3. The number of para-hydroxylation sites is 2. The molecule has 3 aromatic carbocycles. The van der Waals surface area contributed by atoms with E-state index < -0.39 is 11.6 Å². The molecule has 1 heterocycles. The highest BCUT2D eigenvalue weighted by Crippen LogP contribution is 2.37. The molecule has 3 amide bonds. The molecular weight excluding hydrogens is 428 g/mol. The average Bonchev–Trinajstić information content (AvgIpc) is 2.95. The Hall–Kier alpha value is -3.51. The van der Waals surface area contributed by atoms with Gasteiger partial charge in [0.25, 0.3) is 5.91 Å². The van der Waals surface area contributed by atoms with E-state index >= 15 is 0 Å². The van der Waals surface area contributed by atoms with Crippen LogP contribution in [-0.4, -0.2) is 29.5 Å². The van der Waals surface area contributed by atoms with Crippen molar-refractivity contribution in [3.8, 4) is 17.2 Å². The minimum atomic E-state index is -1.05. The molecule has 4 rings (SSSR count). The van der Waals surface area contributed by atoms with E-state index in [1.165, 1.54) is 7.11 Å². The van der Waals surface area contributed by atoms with Crippen LogP contribution in [0.3, 0.4) is 0 Å². The molecule has 0 spiro atoms. The summed E-state index contributed by atoms with van der Waals surface area (Å²) in [4.78, 5) is 29.3. The second kappa shape index (κ2) is 8.55. The van der Waals surface area contributed by atoms with E-state index in [4.69, 9.17) is 21.1 Å². The molecule has 0 saturated carbocycles. The van der Waals surface area contributed by atoms with Gasteiger partial charge in [0, 0.05) is 5.56 Å². The lowest BCUT2D eigenvalue weighted by Crippen LogP contribution is -2.43. The van der Waals surface area contributed by atoms with Gasteiger partial charge in [-0.3, -0.25) is 4.79 Å². The molecule has 0 radical (unpaired) electrons. The molecule has 7 heteroatoms. The third kappa shape index (κ3) is 3.89. The molecular formula is C25H23ClN2O4. The number of imide groups is 1. The SMILES string of the molecule is COc1ccc(N2C(=O)N(Cc3ccccc3Oc3ccccc3)C(C)(C)C2=O)cc1Cl. The third-order valence-corrected chi connectivity index (χ3v) is 5.78. The average molecular weight is 451 g/mol. The van der Waals surface area contributed by atoms with Crippen molar-refractivity contribution >= 4 is 29.2 Å². The maximum absolute atomic E-state index is 13.4. The van der Waals surface area contributed by atoms with Gasteiger partial charge in [-0.2, -0.15) is 0 Å². The zero-order chi connectivity index (χ0) is 22.9. The Morgan fingerprint density at radius 1 is 0.906 bits per heavy atom. The Morgan fingerprint density at radius 3 is 2.28 bits per heavy atom. The van der Waals surface area contributed by atoms with Crippen LogP contribution in [0, 0.1) is 0 Å². The van der Waals surface area contributed by atoms with Gasteiger partial charge in [0.15, 0.2) is 0 Å². The lowest BCUT2D eigenvalue weighted by Gasteiger charge is -2.28. The van der Waals surface area contributed by atoms with Crippen molar-refractivity contribution in [3.05, 3.63) is 83.4 Å². The van der Waals surface area contributed by atoms with E-state index in [0.717, 1.165) is 10.5 Å².